The van der Waals surface area contributed by atoms with Gasteiger partial charge in [0.05, 0.1) is 24.2 Å². The predicted octanol–water partition coefficient (Wildman–Crippen LogP) is 0.763. The number of nitrogens with zero attached hydrogens (tertiary/aromatic N) is 3. The molecular formula is C12H21N5O. The maximum atomic E-state index is 5.68. The van der Waals surface area contributed by atoms with Crippen LogP contribution in [0.4, 0.5) is 5.82 Å². The Hall–Kier alpha value is -1.24. The molecule has 2 heterocycles. The fraction of sp³-hybridized carbons (Fsp3) is 0.667. The lowest BCUT2D eigenvalue weighted by Gasteiger charge is -2.32. The zero-order chi connectivity index (χ0) is 12.8. The maximum Gasteiger partial charge on any atom is 0.158 e. The van der Waals surface area contributed by atoms with Crippen molar-refractivity contribution in [1.82, 2.24) is 14.9 Å². The number of hydrogen-bond acceptors (Lipinski definition) is 6. The largest absolute Gasteiger partial charge is 0.377 e. The molecular weight excluding hydrogens is 230 g/mol. The minimum atomic E-state index is 0.363. The molecule has 1 aromatic heterocycles. The van der Waals surface area contributed by atoms with Crippen LogP contribution in [-0.2, 0) is 11.3 Å². The number of aromatic nitrogens is 2. The monoisotopic (exact) mass is 251 g/mol. The second kappa shape index (κ2) is 6.63. The summed E-state index contributed by atoms with van der Waals surface area (Å²) in [5, 5.41) is 0. The fourth-order valence-electron chi connectivity index (χ4n) is 2.27. The van der Waals surface area contributed by atoms with E-state index in [4.69, 9.17) is 10.6 Å². The highest BCUT2D eigenvalue weighted by atomic mass is 16.5. The zero-order valence-electron chi connectivity index (χ0n) is 10.8. The van der Waals surface area contributed by atoms with Crippen molar-refractivity contribution in [3.63, 3.8) is 0 Å². The van der Waals surface area contributed by atoms with Gasteiger partial charge in [0, 0.05) is 19.7 Å². The minimum absolute atomic E-state index is 0.363. The lowest BCUT2D eigenvalue weighted by Crippen LogP contribution is -2.39. The third-order valence-corrected chi connectivity index (χ3v) is 3.10. The van der Waals surface area contributed by atoms with Crippen LogP contribution in [0, 0.1) is 0 Å². The van der Waals surface area contributed by atoms with Crippen LogP contribution in [0.1, 0.15) is 25.5 Å². The van der Waals surface area contributed by atoms with Crippen LogP contribution >= 0.6 is 0 Å². The summed E-state index contributed by atoms with van der Waals surface area (Å²) in [6.45, 7) is 5.73. The number of nitrogens with two attached hydrogens (primary N) is 1. The summed E-state index contributed by atoms with van der Waals surface area (Å²) in [5.41, 5.74) is 3.44. The first-order chi connectivity index (χ1) is 8.81. The molecule has 1 unspecified atom stereocenters. The van der Waals surface area contributed by atoms with E-state index in [1.54, 1.807) is 12.4 Å². The topological polar surface area (TPSA) is 76.3 Å². The molecule has 2 rings (SSSR count). The van der Waals surface area contributed by atoms with E-state index >= 15 is 0 Å². The quantitative estimate of drug-likeness (QED) is 0.594. The van der Waals surface area contributed by atoms with E-state index in [0.29, 0.717) is 11.9 Å². The van der Waals surface area contributed by atoms with E-state index < -0.39 is 0 Å². The average Bonchev–Trinajstić information content (AvgIpc) is 2.40. The van der Waals surface area contributed by atoms with Gasteiger partial charge in [-0.3, -0.25) is 9.88 Å². The van der Waals surface area contributed by atoms with Crippen molar-refractivity contribution in [3.8, 4) is 0 Å². The summed E-state index contributed by atoms with van der Waals surface area (Å²) < 4.78 is 5.68. The number of nitrogens with one attached hydrogen (secondary N) is 1. The van der Waals surface area contributed by atoms with Crippen LogP contribution in [0.3, 0.4) is 0 Å². The number of likely N-dealkylation sites (tertiary alicyclic amines) is 1. The number of anilines is 1. The smallest absolute Gasteiger partial charge is 0.158 e. The number of ether oxygens (including phenoxy) is 1. The van der Waals surface area contributed by atoms with Gasteiger partial charge in [-0.15, -0.1) is 0 Å². The van der Waals surface area contributed by atoms with Gasteiger partial charge in [-0.2, -0.15) is 0 Å². The molecule has 100 valence electrons. The molecule has 1 aromatic rings. The lowest BCUT2D eigenvalue weighted by atomic mass is 10.1. The SMILES string of the molecule is CCOC1CCCN(Cc2cnc(NN)cn2)C1. The van der Waals surface area contributed by atoms with Gasteiger partial charge >= 0.3 is 0 Å². The zero-order valence-corrected chi connectivity index (χ0v) is 10.8. The Bertz CT molecular complexity index is 354. The second-order valence-corrected chi connectivity index (χ2v) is 4.49. The number of piperidine rings is 1. The highest BCUT2D eigenvalue weighted by Crippen LogP contribution is 2.15. The van der Waals surface area contributed by atoms with Gasteiger partial charge in [0.25, 0.3) is 0 Å². The third kappa shape index (κ3) is 3.63. The lowest BCUT2D eigenvalue weighted by molar-refractivity contribution is 0.00329. The molecule has 1 fully saturated rings. The molecule has 1 aliphatic rings. The van der Waals surface area contributed by atoms with Gasteiger partial charge in [-0.1, -0.05) is 0 Å². The number of hydrazine groups is 1. The Kier molecular flexibility index (Phi) is 4.86. The molecule has 3 N–H and O–H groups in total. The van der Waals surface area contributed by atoms with E-state index in [9.17, 15) is 0 Å². The van der Waals surface area contributed by atoms with Gasteiger partial charge in [0.1, 0.15) is 0 Å². The summed E-state index contributed by atoms with van der Waals surface area (Å²) in [5.74, 6) is 5.84. The highest BCUT2D eigenvalue weighted by Gasteiger charge is 2.20. The maximum absolute atomic E-state index is 5.68. The van der Waals surface area contributed by atoms with Crippen LogP contribution in [0.15, 0.2) is 12.4 Å². The van der Waals surface area contributed by atoms with Crippen molar-refractivity contribution in [2.75, 3.05) is 25.1 Å². The molecule has 6 heteroatoms. The molecule has 0 aromatic carbocycles. The molecule has 1 saturated heterocycles. The molecule has 0 spiro atoms. The molecule has 18 heavy (non-hydrogen) atoms. The van der Waals surface area contributed by atoms with E-state index in [0.717, 1.165) is 38.4 Å². The van der Waals surface area contributed by atoms with Gasteiger partial charge in [-0.05, 0) is 26.3 Å². The summed E-state index contributed by atoms with van der Waals surface area (Å²) in [4.78, 5) is 10.9. The van der Waals surface area contributed by atoms with Crippen LogP contribution in [-0.4, -0.2) is 40.7 Å². The van der Waals surface area contributed by atoms with Crippen LogP contribution < -0.4 is 11.3 Å². The summed E-state index contributed by atoms with van der Waals surface area (Å²) >= 11 is 0. The molecule has 0 bridgehead atoms. The second-order valence-electron chi connectivity index (χ2n) is 4.49. The average molecular weight is 251 g/mol. The van der Waals surface area contributed by atoms with Crippen molar-refractivity contribution < 1.29 is 4.74 Å². The molecule has 0 saturated carbocycles. The Morgan fingerprint density at radius 1 is 1.50 bits per heavy atom. The van der Waals surface area contributed by atoms with Crippen molar-refractivity contribution >= 4 is 5.82 Å². The van der Waals surface area contributed by atoms with Crippen molar-refractivity contribution in [1.29, 1.82) is 0 Å². The Labute approximate surface area is 108 Å². The Morgan fingerprint density at radius 2 is 2.39 bits per heavy atom. The van der Waals surface area contributed by atoms with E-state index in [1.807, 2.05) is 6.92 Å². The summed E-state index contributed by atoms with van der Waals surface area (Å²) in [7, 11) is 0. The summed E-state index contributed by atoms with van der Waals surface area (Å²) in [6.07, 6.45) is 6.12. The van der Waals surface area contributed by atoms with Gasteiger partial charge < -0.3 is 10.2 Å². The fourth-order valence-corrected chi connectivity index (χ4v) is 2.27. The van der Waals surface area contributed by atoms with E-state index in [1.165, 1.54) is 6.42 Å². The van der Waals surface area contributed by atoms with Crippen molar-refractivity contribution in [2.24, 2.45) is 5.84 Å². The molecule has 0 radical (unpaired) electrons. The van der Waals surface area contributed by atoms with Crippen molar-refractivity contribution in [3.05, 3.63) is 18.1 Å². The third-order valence-electron chi connectivity index (χ3n) is 3.10. The first-order valence-corrected chi connectivity index (χ1v) is 6.43. The first kappa shape index (κ1) is 13.2. The first-order valence-electron chi connectivity index (χ1n) is 6.43. The van der Waals surface area contributed by atoms with Gasteiger partial charge in [-0.25, -0.2) is 10.8 Å². The van der Waals surface area contributed by atoms with E-state index in [-0.39, 0.29) is 0 Å². The number of hydrogen-bond donors (Lipinski definition) is 2. The predicted molar refractivity (Wildman–Crippen MR) is 69.8 cm³/mol. The molecule has 1 aliphatic heterocycles. The number of nitrogen functional groups attached to an aromatic ring is 1. The highest BCUT2D eigenvalue weighted by molar-refractivity contribution is 5.28. The Morgan fingerprint density at radius 3 is 3.06 bits per heavy atom. The summed E-state index contributed by atoms with van der Waals surface area (Å²) in [6, 6.07) is 0. The van der Waals surface area contributed by atoms with E-state index in [2.05, 4.69) is 20.3 Å². The van der Waals surface area contributed by atoms with Gasteiger partial charge in [0.2, 0.25) is 0 Å². The minimum Gasteiger partial charge on any atom is -0.377 e. The standard InChI is InChI=1S/C12H21N5O/c1-2-18-11-4-3-5-17(9-11)8-10-6-15-12(16-13)7-14-10/h6-7,11H,2-5,8-9,13H2,1H3,(H,15,16). The van der Waals surface area contributed by atoms with Gasteiger partial charge in [0.15, 0.2) is 5.82 Å². The normalized spacial score (nSPS) is 20.9. The molecule has 0 amide bonds. The van der Waals surface area contributed by atoms with Crippen molar-refractivity contribution in [2.45, 2.75) is 32.4 Å². The molecule has 1 atom stereocenters. The number of rotatable bonds is 5. The Balaban J connectivity index is 1.87. The van der Waals surface area contributed by atoms with Crippen LogP contribution in [0.2, 0.25) is 0 Å². The molecule has 0 aliphatic carbocycles. The van der Waals surface area contributed by atoms with Crippen LogP contribution in [0.25, 0.3) is 0 Å². The molecule has 6 nitrogen and oxygen atoms in total. The van der Waals surface area contributed by atoms with Crippen LogP contribution in [0.5, 0.6) is 0 Å².